The minimum atomic E-state index is -0.872. The number of aromatic nitrogens is 1. The van der Waals surface area contributed by atoms with Crippen LogP contribution in [0.2, 0.25) is 0 Å². The lowest BCUT2D eigenvalue weighted by Gasteiger charge is -2.01. The van der Waals surface area contributed by atoms with Crippen LogP contribution in [0.25, 0.3) is 10.6 Å². The largest absolute Gasteiger partial charge is 0.497 e. The Hall–Kier alpha value is -1.92. The van der Waals surface area contributed by atoms with Gasteiger partial charge in [0, 0.05) is 17.6 Å². The Bertz CT molecular complexity index is 609. The molecule has 0 aliphatic rings. The van der Waals surface area contributed by atoms with Crippen molar-refractivity contribution in [1.29, 1.82) is 0 Å². The van der Waals surface area contributed by atoms with Crippen molar-refractivity contribution < 1.29 is 19.4 Å². The molecule has 6 heteroatoms. The van der Waals surface area contributed by atoms with Gasteiger partial charge in [0.2, 0.25) is 0 Å². The lowest BCUT2D eigenvalue weighted by molar-refractivity contribution is -0.136. The Morgan fingerprint density at radius 3 is 2.85 bits per heavy atom. The molecule has 0 spiro atoms. The molecule has 0 aliphatic heterocycles. The van der Waals surface area contributed by atoms with Gasteiger partial charge in [0.1, 0.15) is 10.8 Å². The average molecular weight is 293 g/mol. The molecule has 106 valence electrons. The highest BCUT2D eigenvalue weighted by Crippen LogP contribution is 2.30. The predicted molar refractivity (Wildman–Crippen MR) is 76.2 cm³/mol. The molecule has 0 saturated carbocycles. The van der Waals surface area contributed by atoms with Crippen molar-refractivity contribution >= 4 is 17.3 Å². The maximum atomic E-state index is 10.9. The molecular weight excluding hydrogens is 278 g/mol. The molecule has 0 unspecified atom stereocenters. The molecule has 0 atom stereocenters. The van der Waals surface area contributed by atoms with Crippen molar-refractivity contribution in [2.75, 3.05) is 14.2 Å². The Labute approximate surface area is 120 Å². The molecule has 1 aromatic heterocycles. The van der Waals surface area contributed by atoms with Gasteiger partial charge in [0.15, 0.2) is 0 Å². The summed E-state index contributed by atoms with van der Waals surface area (Å²) in [6, 6.07) is 7.52. The highest BCUT2D eigenvalue weighted by Gasteiger charge is 2.15. The van der Waals surface area contributed by atoms with Crippen molar-refractivity contribution in [3.63, 3.8) is 0 Å². The van der Waals surface area contributed by atoms with Gasteiger partial charge >= 0.3 is 5.97 Å². The van der Waals surface area contributed by atoms with Crippen LogP contribution >= 0.6 is 11.3 Å². The van der Waals surface area contributed by atoms with Crippen LogP contribution in [0.15, 0.2) is 24.3 Å². The molecule has 1 N–H and O–H groups in total. The Morgan fingerprint density at radius 2 is 2.20 bits per heavy atom. The van der Waals surface area contributed by atoms with Gasteiger partial charge in [-0.2, -0.15) is 0 Å². The summed E-state index contributed by atoms with van der Waals surface area (Å²) in [6.45, 7) is 0.309. The van der Waals surface area contributed by atoms with Crippen LogP contribution in [0.5, 0.6) is 5.75 Å². The third kappa shape index (κ3) is 3.34. The van der Waals surface area contributed by atoms with Gasteiger partial charge in [-0.15, -0.1) is 11.3 Å². The normalized spacial score (nSPS) is 10.5. The van der Waals surface area contributed by atoms with E-state index in [1.807, 2.05) is 24.3 Å². The summed E-state index contributed by atoms with van der Waals surface area (Å²) in [7, 11) is 3.17. The molecule has 2 aromatic rings. The fourth-order valence-corrected chi connectivity index (χ4v) is 2.84. The zero-order valence-electron chi connectivity index (χ0n) is 11.3. The second-order valence-electron chi connectivity index (χ2n) is 4.12. The molecule has 5 nitrogen and oxygen atoms in total. The zero-order valence-corrected chi connectivity index (χ0v) is 12.1. The summed E-state index contributed by atoms with van der Waals surface area (Å²) >= 11 is 1.37. The van der Waals surface area contributed by atoms with Crippen molar-refractivity contribution in [2.45, 2.75) is 13.0 Å². The summed E-state index contributed by atoms with van der Waals surface area (Å²) in [5.74, 6) is -0.131. The van der Waals surface area contributed by atoms with Gasteiger partial charge in [-0.1, -0.05) is 12.1 Å². The molecule has 20 heavy (non-hydrogen) atoms. The Morgan fingerprint density at radius 1 is 1.40 bits per heavy atom. The van der Waals surface area contributed by atoms with Crippen LogP contribution < -0.4 is 4.74 Å². The van der Waals surface area contributed by atoms with Gasteiger partial charge < -0.3 is 14.6 Å². The van der Waals surface area contributed by atoms with Crippen LogP contribution in [0.1, 0.15) is 10.6 Å². The lowest BCUT2D eigenvalue weighted by atomic mass is 10.2. The van der Waals surface area contributed by atoms with E-state index in [-0.39, 0.29) is 6.42 Å². The molecule has 0 bridgehead atoms. The van der Waals surface area contributed by atoms with Crippen LogP contribution in [0.4, 0.5) is 0 Å². The molecule has 0 aliphatic carbocycles. The van der Waals surface area contributed by atoms with E-state index in [1.54, 1.807) is 14.2 Å². The summed E-state index contributed by atoms with van der Waals surface area (Å²) in [6.07, 6.45) is -0.0413. The molecule has 1 aromatic carbocycles. The zero-order chi connectivity index (χ0) is 14.5. The molecule has 0 radical (unpaired) electrons. The van der Waals surface area contributed by atoms with Crippen LogP contribution in [0.3, 0.4) is 0 Å². The number of rotatable bonds is 6. The van der Waals surface area contributed by atoms with Crippen molar-refractivity contribution in [1.82, 2.24) is 4.98 Å². The van der Waals surface area contributed by atoms with Gasteiger partial charge in [0.25, 0.3) is 0 Å². The second kappa shape index (κ2) is 6.49. The van der Waals surface area contributed by atoms with Crippen LogP contribution in [0, 0.1) is 0 Å². The number of ether oxygens (including phenoxy) is 2. The first-order valence-corrected chi connectivity index (χ1v) is 6.79. The van der Waals surface area contributed by atoms with E-state index in [0.717, 1.165) is 21.2 Å². The smallest absolute Gasteiger partial charge is 0.308 e. The number of carboxylic acid groups (broad SMARTS) is 1. The van der Waals surface area contributed by atoms with E-state index in [4.69, 9.17) is 14.6 Å². The Balaban J connectivity index is 2.38. The molecule has 2 rings (SSSR count). The van der Waals surface area contributed by atoms with E-state index in [0.29, 0.717) is 12.3 Å². The highest BCUT2D eigenvalue weighted by molar-refractivity contribution is 7.15. The number of nitrogens with zero attached hydrogens (tertiary/aromatic N) is 1. The topological polar surface area (TPSA) is 68.7 Å². The van der Waals surface area contributed by atoms with Crippen molar-refractivity contribution in [3.05, 3.63) is 34.8 Å². The number of hydrogen-bond acceptors (Lipinski definition) is 5. The average Bonchev–Trinajstić information content (AvgIpc) is 2.82. The molecule has 1 heterocycles. The quantitative estimate of drug-likeness (QED) is 0.886. The van der Waals surface area contributed by atoms with E-state index >= 15 is 0 Å². The first-order chi connectivity index (χ1) is 9.63. The summed E-state index contributed by atoms with van der Waals surface area (Å²) in [5, 5.41) is 9.71. The number of aliphatic carboxylic acids is 1. The first kappa shape index (κ1) is 14.5. The minimum Gasteiger partial charge on any atom is -0.497 e. The summed E-state index contributed by atoms with van der Waals surface area (Å²) in [5.41, 5.74) is 1.58. The number of carbonyl (C=O) groups is 1. The lowest BCUT2D eigenvalue weighted by Crippen LogP contribution is -2.01. The fourth-order valence-electron chi connectivity index (χ4n) is 1.79. The van der Waals surface area contributed by atoms with Gasteiger partial charge in [-0.25, -0.2) is 4.98 Å². The second-order valence-corrected chi connectivity index (χ2v) is 5.21. The maximum absolute atomic E-state index is 10.9. The summed E-state index contributed by atoms with van der Waals surface area (Å²) in [4.78, 5) is 16.1. The number of benzene rings is 1. The van der Waals surface area contributed by atoms with Crippen molar-refractivity contribution in [3.8, 4) is 16.3 Å². The van der Waals surface area contributed by atoms with E-state index in [1.165, 1.54) is 11.3 Å². The number of carboxylic acids is 1. The SMILES string of the molecule is COCc1nc(-c2cccc(OC)c2)sc1CC(=O)O. The van der Waals surface area contributed by atoms with Gasteiger partial charge in [0.05, 0.1) is 25.8 Å². The maximum Gasteiger partial charge on any atom is 0.308 e. The first-order valence-electron chi connectivity index (χ1n) is 5.97. The fraction of sp³-hybridized carbons (Fsp3) is 0.286. The number of methoxy groups -OCH3 is 2. The van der Waals surface area contributed by atoms with E-state index in [2.05, 4.69) is 4.98 Å². The number of hydrogen-bond donors (Lipinski definition) is 1. The van der Waals surface area contributed by atoms with Gasteiger partial charge in [-0.05, 0) is 12.1 Å². The number of thiazole rings is 1. The standard InChI is InChI=1S/C14H15NO4S/c1-18-8-11-12(7-13(16)17)20-14(15-11)9-4-3-5-10(6-9)19-2/h3-6H,7-8H2,1-2H3,(H,16,17). The van der Waals surface area contributed by atoms with Crippen molar-refractivity contribution in [2.24, 2.45) is 0 Å². The molecule has 0 amide bonds. The monoisotopic (exact) mass is 293 g/mol. The van der Waals surface area contributed by atoms with E-state index < -0.39 is 5.97 Å². The minimum absolute atomic E-state index is 0.0413. The summed E-state index contributed by atoms with van der Waals surface area (Å²) < 4.78 is 10.3. The van der Waals surface area contributed by atoms with E-state index in [9.17, 15) is 4.79 Å². The predicted octanol–water partition coefficient (Wildman–Crippen LogP) is 2.59. The van der Waals surface area contributed by atoms with Crippen LogP contribution in [-0.4, -0.2) is 30.3 Å². The molecule has 0 saturated heterocycles. The molecular formula is C14H15NO4S. The third-order valence-electron chi connectivity index (χ3n) is 2.69. The highest BCUT2D eigenvalue weighted by atomic mass is 32.1. The molecule has 0 fully saturated rings. The van der Waals surface area contributed by atoms with Gasteiger partial charge in [-0.3, -0.25) is 4.79 Å². The third-order valence-corrected chi connectivity index (χ3v) is 3.83. The Kier molecular flexibility index (Phi) is 4.70. The van der Waals surface area contributed by atoms with Crippen LogP contribution in [-0.2, 0) is 22.6 Å².